The van der Waals surface area contributed by atoms with Gasteiger partial charge in [0.05, 0.1) is 7.11 Å². The molecule has 1 fully saturated rings. The van der Waals surface area contributed by atoms with E-state index in [9.17, 15) is 5.11 Å². The highest BCUT2D eigenvalue weighted by molar-refractivity contribution is 5.28. The lowest BCUT2D eigenvalue weighted by molar-refractivity contribution is 0.214. The summed E-state index contributed by atoms with van der Waals surface area (Å²) in [7, 11) is 1.69. The second-order valence-electron chi connectivity index (χ2n) is 5.88. The molecule has 0 saturated carbocycles. The number of rotatable bonds is 5. The SMILES string of the molecule is COc1cccc(CN2C[C@@H](CO)[C@H](c3ccncc3)C2)c1. The minimum atomic E-state index is 0.224. The average Bonchev–Trinajstić information content (AvgIpc) is 2.98. The van der Waals surface area contributed by atoms with Crippen molar-refractivity contribution >= 4 is 0 Å². The van der Waals surface area contributed by atoms with Gasteiger partial charge in [-0.2, -0.15) is 0 Å². The van der Waals surface area contributed by atoms with E-state index >= 15 is 0 Å². The normalized spacial score (nSPS) is 21.9. The van der Waals surface area contributed by atoms with Crippen molar-refractivity contribution in [3.8, 4) is 5.75 Å². The molecule has 1 aromatic carbocycles. The third-order valence-electron chi connectivity index (χ3n) is 4.43. The molecule has 0 unspecified atom stereocenters. The lowest BCUT2D eigenvalue weighted by Gasteiger charge is -2.16. The Morgan fingerprint density at radius 2 is 2.05 bits per heavy atom. The Kier molecular flexibility index (Phi) is 4.71. The summed E-state index contributed by atoms with van der Waals surface area (Å²) in [5.74, 6) is 1.55. The van der Waals surface area contributed by atoms with Crippen molar-refractivity contribution in [2.45, 2.75) is 12.5 Å². The van der Waals surface area contributed by atoms with Crippen LogP contribution in [-0.4, -0.2) is 41.8 Å². The van der Waals surface area contributed by atoms with Crippen LogP contribution in [0.5, 0.6) is 5.75 Å². The van der Waals surface area contributed by atoms with Crippen LogP contribution in [0.1, 0.15) is 17.0 Å². The summed E-state index contributed by atoms with van der Waals surface area (Å²) in [5.41, 5.74) is 2.51. The minimum Gasteiger partial charge on any atom is -0.497 e. The van der Waals surface area contributed by atoms with Gasteiger partial charge in [0.25, 0.3) is 0 Å². The third kappa shape index (κ3) is 3.29. The predicted octanol–water partition coefficient (Wildman–Crippen LogP) is 2.30. The molecule has 4 nitrogen and oxygen atoms in total. The van der Waals surface area contributed by atoms with Crippen LogP contribution in [0.15, 0.2) is 48.8 Å². The first kappa shape index (κ1) is 15.0. The second kappa shape index (κ2) is 6.90. The summed E-state index contributed by atoms with van der Waals surface area (Å²) >= 11 is 0. The van der Waals surface area contributed by atoms with E-state index in [1.165, 1.54) is 11.1 Å². The Morgan fingerprint density at radius 1 is 1.23 bits per heavy atom. The number of aromatic nitrogens is 1. The van der Waals surface area contributed by atoms with E-state index in [4.69, 9.17) is 4.74 Å². The quantitative estimate of drug-likeness (QED) is 0.920. The minimum absolute atomic E-state index is 0.224. The monoisotopic (exact) mass is 298 g/mol. The number of hydrogen-bond donors (Lipinski definition) is 1. The first-order valence-electron chi connectivity index (χ1n) is 7.66. The number of hydrogen-bond acceptors (Lipinski definition) is 4. The van der Waals surface area contributed by atoms with Crippen molar-refractivity contribution < 1.29 is 9.84 Å². The molecular formula is C18H22N2O2. The van der Waals surface area contributed by atoms with Crippen LogP contribution >= 0.6 is 0 Å². The van der Waals surface area contributed by atoms with E-state index in [1.807, 2.05) is 24.5 Å². The van der Waals surface area contributed by atoms with Crippen molar-refractivity contribution in [3.63, 3.8) is 0 Å². The predicted molar refractivity (Wildman–Crippen MR) is 85.8 cm³/mol. The first-order valence-corrected chi connectivity index (χ1v) is 7.66. The summed E-state index contributed by atoms with van der Waals surface area (Å²) in [6.07, 6.45) is 3.66. The summed E-state index contributed by atoms with van der Waals surface area (Å²) in [5, 5.41) is 9.70. The number of methoxy groups -OCH3 is 1. The van der Waals surface area contributed by atoms with Crippen LogP contribution in [0, 0.1) is 5.92 Å². The van der Waals surface area contributed by atoms with E-state index in [0.29, 0.717) is 5.92 Å². The van der Waals surface area contributed by atoms with Crippen molar-refractivity contribution in [2.75, 3.05) is 26.8 Å². The molecule has 4 heteroatoms. The Labute approximate surface area is 131 Å². The molecule has 3 rings (SSSR count). The molecule has 1 aliphatic heterocycles. The smallest absolute Gasteiger partial charge is 0.119 e. The third-order valence-corrected chi connectivity index (χ3v) is 4.43. The van der Waals surface area contributed by atoms with Crippen LogP contribution in [0.4, 0.5) is 0 Å². The molecule has 0 amide bonds. The number of benzene rings is 1. The lowest BCUT2D eigenvalue weighted by atomic mass is 9.90. The molecule has 1 aromatic heterocycles. The zero-order valence-electron chi connectivity index (χ0n) is 12.9. The largest absolute Gasteiger partial charge is 0.497 e. The molecule has 2 aromatic rings. The summed E-state index contributed by atoms with van der Waals surface area (Å²) in [6, 6.07) is 12.3. The van der Waals surface area contributed by atoms with Crippen LogP contribution in [0.2, 0.25) is 0 Å². The van der Waals surface area contributed by atoms with Crippen LogP contribution in [0.25, 0.3) is 0 Å². The maximum atomic E-state index is 9.70. The van der Waals surface area contributed by atoms with Crippen molar-refractivity contribution in [1.82, 2.24) is 9.88 Å². The molecule has 0 radical (unpaired) electrons. The van der Waals surface area contributed by atoms with E-state index in [1.54, 1.807) is 7.11 Å². The number of aliphatic hydroxyl groups is 1. The van der Waals surface area contributed by atoms with Gasteiger partial charge in [-0.15, -0.1) is 0 Å². The van der Waals surface area contributed by atoms with Crippen LogP contribution in [0.3, 0.4) is 0 Å². The van der Waals surface area contributed by atoms with Gasteiger partial charge in [0.15, 0.2) is 0 Å². The van der Waals surface area contributed by atoms with Crippen molar-refractivity contribution in [3.05, 3.63) is 59.9 Å². The van der Waals surface area contributed by atoms with Crippen LogP contribution < -0.4 is 4.74 Å². The maximum absolute atomic E-state index is 9.70. The van der Waals surface area contributed by atoms with Gasteiger partial charge in [-0.1, -0.05) is 12.1 Å². The fraction of sp³-hybridized carbons (Fsp3) is 0.389. The average molecular weight is 298 g/mol. The zero-order chi connectivity index (χ0) is 15.4. The zero-order valence-corrected chi connectivity index (χ0v) is 12.9. The Balaban J connectivity index is 1.71. The van der Waals surface area contributed by atoms with Gasteiger partial charge in [-0.3, -0.25) is 9.88 Å². The first-order chi connectivity index (χ1) is 10.8. The summed E-state index contributed by atoms with van der Waals surface area (Å²) in [4.78, 5) is 6.49. The van der Waals surface area contributed by atoms with Crippen molar-refractivity contribution in [2.24, 2.45) is 5.92 Å². The van der Waals surface area contributed by atoms with Gasteiger partial charge in [0.1, 0.15) is 5.75 Å². The molecule has 1 saturated heterocycles. The molecule has 2 heterocycles. The van der Waals surface area contributed by atoms with Crippen LogP contribution in [-0.2, 0) is 6.54 Å². The number of nitrogens with zero attached hydrogens (tertiary/aromatic N) is 2. The number of ether oxygens (including phenoxy) is 1. The molecule has 2 atom stereocenters. The highest BCUT2D eigenvalue weighted by atomic mass is 16.5. The molecule has 0 aliphatic carbocycles. The van der Waals surface area contributed by atoms with Gasteiger partial charge in [-0.05, 0) is 35.4 Å². The van der Waals surface area contributed by atoms with Gasteiger partial charge in [-0.25, -0.2) is 0 Å². The second-order valence-corrected chi connectivity index (χ2v) is 5.88. The molecule has 1 N–H and O–H groups in total. The highest BCUT2D eigenvalue weighted by Crippen LogP contribution is 2.33. The lowest BCUT2D eigenvalue weighted by Crippen LogP contribution is -2.20. The van der Waals surface area contributed by atoms with E-state index in [-0.39, 0.29) is 12.5 Å². The molecule has 116 valence electrons. The number of pyridine rings is 1. The standard InChI is InChI=1S/C18H22N2O2/c1-22-17-4-2-3-14(9-17)10-20-11-16(13-21)18(12-20)15-5-7-19-8-6-15/h2-9,16,18,21H,10-13H2,1H3/t16-,18-/m0/s1. The van der Waals surface area contributed by atoms with Gasteiger partial charge < -0.3 is 9.84 Å². The fourth-order valence-corrected chi connectivity index (χ4v) is 3.29. The van der Waals surface area contributed by atoms with E-state index in [0.717, 1.165) is 25.4 Å². The highest BCUT2D eigenvalue weighted by Gasteiger charge is 2.33. The van der Waals surface area contributed by atoms with Crippen molar-refractivity contribution in [1.29, 1.82) is 0 Å². The van der Waals surface area contributed by atoms with E-state index < -0.39 is 0 Å². The number of aliphatic hydroxyl groups excluding tert-OH is 1. The summed E-state index contributed by atoms with van der Waals surface area (Å²) in [6.45, 7) is 2.99. The Hall–Kier alpha value is -1.91. The number of likely N-dealkylation sites (tertiary alicyclic amines) is 1. The molecule has 0 bridgehead atoms. The summed E-state index contributed by atoms with van der Waals surface area (Å²) < 4.78 is 5.29. The molecule has 1 aliphatic rings. The molecular weight excluding hydrogens is 276 g/mol. The molecule has 0 spiro atoms. The maximum Gasteiger partial charge on any atom is 0.119 e. The topological polar surface area (TPSA) is 45.6 Å². The molecule has 22 heavy (non-hydrogen) atoms. The van der Waals surface area contributed by atoms with E-state index in [2.05, 4.69) is 34.1 Å². The van der Waals surface area contributed by atoms with Gasteiger partial charge in [0.2, 0.25) is 0 Å². The van der Waals surface area contributed by atoms with Gasteiger partial charge in [0, 0.05) is 50.5 Å². The Morgan fingerprint density at radius 3 is 2.77 bits per heavy atom. The Bertz CT molecular complexity index is 603. The fourth-order valence-electron chi connectivity index (χ4n) is 3.29. The van der Waals surface area contributed by atoms with Gasteiger partial charge >= 0.3 is 0 Å².